The van der Waals surface area contributed by atoms with Crippen LogP contribution in [-0.4, -0.2) is 36.2 Å². The van der Waals surface area contributed by atoms with E-state index in [9.17, 15) is 9.90 Å². The molecular weight excluding hydrogens is 278 g/mol. The maximum atomic E-state index is 12.5. The molecule has 0 fully saturated rings. The molecule has 0 radical (unpaired) electrons. The number of methoxy groups -OCH3 is 1. The van der Waals surface area contributed by atoms with Gasteiger partial charge in [-0.15, -0.1) is 0 Å². The van der Waals surface area contributed by atoms with E-state index in [4.69, 9.17) is 4.74 Å². The van der Waals surface area contributed by atoms with Gasteiger partial charge < -0.3 is 14.7 Å². The number of carbonyl (C=O) groups is 1. The van der Waals surface area contributed by atoms with Crippen molar-refractivity contribution >= 4 is 5.91 Å². The first kappa shape index (κ1) is 16.0. The molecule has 0 unspecified atom stereocenters. The first-order valence-corrected chi connectivity index (χ1v) is 7.28. The lowest BCUT2D eigenvalue weighted by Gasteiger charge is -2.22. The van der Waals surface area contributed by atoms with Crippen LogP contribution in [0.15, 0.2) is 54.6 Å². The van der Waals surface area contributed by atoms with E-state index >= 15 is 0 Å². The Morgan fingerprint density at radius 2 is 1.82 bits per heavy atom. The van der Waals surface area contributed by atoms with Crippen molar-refractivity contribution in [2.75, 3.05) is 20.3 Å². The Labute approximate surface area is 131 Å². The molecule has 1 N–H and O–H groups in total. The molecule has 0 heterocycles. The molecule has 0 spiro atoms. The second kappa shape index (κ2) is 8.20. The molecule has 0 aliphatic heterocycles. The predicted octanol–water partition coefficient (Wildman–Crippen LogP) is 2.26. The minimum atomic E-state index is -0.0450. The van der Waals surface area contributed by atoms with Crippen LogP contribution in [0.25, 0.3) is 0 Å². The van der Waals surface area contributed by atoms with Gasteiger partial charge in [-0.3, -0.25) is 4.79 Å². The van der Waals surface area contributed by atoms with E-state index in [2.05, 4.69) is 0 Å². The fourth-order valence-corrected chi connectivity index (χ4v) is 2.29. The molecule has 4 heteroatoms. The molecule has 22 heavy (non-hydrogen) atoms. The fourth-order valence-electron chi connectivity index (χ4n) is 2.29. The highest BCUT2D eigenvalue weighted by atomic mass is 16.5. The van der Waals surface area contributed by atoms with E-state index in [1.165, 1.54) is 0 Å². The number of hydrogen-bond donors (Lipinski definition) is 1. The van der Waals surface area contributed by atoms with Crippen LogP contribution in [0.1, 0.15) is 11.1 Å². The first-order valence-electron chi connectivity index (χ1n) is 7.28. The molecule has 1 amide bonds. The summed E-state index contributed by atoms with van der Waals surface area (Å²) < 4.78 is 5.18. The molecule has 2 aromatic carbocycles. The molecule has 4 nitrogen and oxygen atoms in total. The third-order valence-electron chi connectivity index (χ3n) is 3.43. The van der Waals surface area contributed by atoms with Gasteiger partial charge in [0.05, 0.1) is 20.1 Å². The highest BCUT2D eigenvalue weighted by molar-refractivity contribution is 5.78. The van der Waals surface area contributed by atoms with Gasteiger partial charge in [0.25, 0.3) is 0 Å². The number of aliphatic hydroxyl groups is 1. The summed E-state index contributed by atoms with van der Waals surface area (Å²) in [5.41, 5.74) is 1.95. The fraction of sp³-hybridized carbons (Fsp3) is 0.278. The highest BCUT2D eigenvalue weighted by Crippen LogP contribution is 2.14. The minimum absolute atomic E-state index is 0.00819. The Bertz CT molecular complexity index is 598. The van der Waals surface area contributed by atoms with Crippen molar-refractivity contribution in [3.8, 4) is 5.75 Å². The Morgan fingerprint density at radius 3 is 2.50 bits per heavy atom. The van der Waals surface area contributed by atoms with Crippen LogP contribution in [-0.2, 0) is 17.8 Å². The average Bonchev–Trinajstić information content (AvgIpc) is 2.55. The van der Waals surface area contributed by atoms with Crippen LogP contribution < -0.4 is 4.74 Å². The Balaban J connectivity index is 2.05. The SMILES string of the molecule is COc1cccc(CC(=O)N(CCO)Cc2ccccc2)c1. The van der Waals surface area contributed by atoms with Gasteiger partial charge in [-0.05, 0) is 23.3 Å². The Hall–Kier alpha value is -2.33. The summed E-state index contributed by atoms with van der Waals surface area (Å²) >= 11 is 0. The second-order valence-corrected chi connectivity index (χ2v) is 5.05. The normalized spacial score (nSPS) is 10.3. The van der Waals surface area contributed by atoms with Gasteiger partial charge in [0.2, 0.25) is 5.91 Å². The quantitative estimate of drug-likeness (QED) is 0.853. The van der Waals surface area contributed by atoms with E-state index in [0.717, 1.165) is 16.9 Å². The number of nitrogens with zero attached hydrogens (tertiary/aromatic N) is 1. The van der Waals surface area contributed by atoms with E-state index < -0.39 is 0 Å². The first-order chi connectivity index (χ1) is 10.7. The molecule has 0 atom stereocenters. The standard InChI is InChI=1S/C18H21NO3/c1-22-17-9-5-8-16(12-17)13-18(21)19(10-11-20)14-15-6-3-2-4-7-15/h2-9,12,20H,10-11,13-14H2,1H3. The van der Waals surface area contributed by atoms with Crippen molar-refractivity contribution in [3.63, 3.8) is 0 Å². The second-order valence-electron chi connectivity index (χ2n) is 5.05. The van der Waals surface area contributed by atoms with Crippen molar-refractivity contribution in [1.29, 1.82) is 0 Å². The van der Waals surface area contributed by atoms with Gasteiger partial charge >= 0.3 is 0 Å². The summed E-state index contributed by atoms with van der Waals surface area (Å²) in [6.45, 7) is 0.790. The van der Waals surface area contributed by atoms with Gasteiger partial charge in [-0.25, -0.2) is 0 Å². The Morgan fingerprint density at radius 1 is 1.09 bits per heavy atom. The zero-order chi connectivity index (χ0) is 15.8. The number of rotatable bonds is 7. The van der Waals surface area contributed by atoms with E-state index in [-0.39, 0.29) is 12.5 Å². The van der Waals surface area contributed by atoms with Gasteiger partial charge in [0.1, 0.15) is 5.75 Å². The van der Waals surface area contributed by atoms with Crippen LogP contribution in [0.2, 0.25) is 0 Å². The summed E-state index contributed by atoms with van der Waals surface area (Å²) in [5, 5.41) is 9.20. The molecule has 0 aliphatic carbocycles. The lowest BCUT2D eigenvalue weighted by Crippen LogP contribution is -2.34. The number of amides is 1. The van der Waals surface area contributed by atoms with E-state index in [1.807, 2.05) is 54.6 Å². The smallest absolute Gasteiger partial charge is 0.227 e. The molecule has 2 rings (SSSR count). The number of benzene rings is 2. The molecule has 2 aromatic rings. The van der Waals surface area contributed by atoms with Gasteiger partial charge in [0, 0.05) is 13.1 Å². The van der Waals surface area contributed by atoms with Crippen LogP contribution in [0.4, 0.5) is 0 Å². The zero-order valence-electron chi connectivity index (χ0n) is 12.7. The minimum Gasteiger partial charge on any atom is -0.497 e. The van der Waals surface area contributed by atoms with Gasteiger partial charge in [0.15, 0.2) is 0 Å². The molecular formula is C18H21NO3. The van der Waals surface area contributed by atoms with Crippen molar-refractivity contribution < 1.29 is 14.6 Å². The predicted molar refractivity (Wildman–Crippen MR) is 85.6 cm³/mol. The number of carbonyl (C=O) groups excluding carboxylic acids is 1. The summed E-state index contributed by atoms with van der Waals surface area (Å²) in [5.74, 6) is 0.730. The lowest BCUT2D eigenvalue weighted by atomic mass is 10.1. The topological polar surface area (TPSA) is 49.8 Å². The molecule has 0 saturated heterocycles. The third kappa shape index (κ3) is 4.60. The van der Waals surface area contributed by atoms with Gasteiger partial charge in [-0.2, -0.15) is 0 Å². The molecule has 0 aromatic heterocycles. The number of aliphatic hydroxyl groups excluding tert-OH is 1. The van der Waals surface area contributed by atoms with Crippen LogP contribution in [0, 0.1) is 0 Å². The third-order valence-corrected chi connectivity index (χ3v) is 3.43. The summed E-state index contributed by atoms with van der Waals surface area (Å²) in [6.07, 6.45) is 0.296. The average molecular weight is 299 g/mol. The largest absolute Gasteiger partial charge is 0.497 e. The van der Waals surface area contributed by atoms with E-state index in [0.29, 0.717) is 19.5 Å². The maximum absolute atomic E-state index is 12.5. The summed E-state index contributed by atoms with van der Waals surface area (Å²) in [6, 6.07) is 17.3. The van der Waals surface area contributed by atoms with Crippen molar-refractivity contribution in [3.05, 3.63) is 65.7 Å². The van der Waals surface area contributed by atoms with Gasteiger partial charge in [-0.1, -0.05) is 42.5 Å². The van der Waals surface area contributed by atoms with Crippen LogP contribution in [0.5, 0.6) is 5.75 Å². The number of hydrogen-bond acceptors (Lipinski definition) is 3. The van der Waals surface area contributed by atoms with Crippen molar-refractivity contribution in [2.24, 2.45) is 0 Å². The zero-order valence-corrected chi connectivity index (χ0v) is 12.7. The van der Waals surface area contributed by atoms with Crippen molar-refractivity contribution in [2.45, 2.75) is 13.0 Å². The highest BCUT2D eigenvalue weighted by Gasteiger charge is 2.14. The molecule has 0 bridgehead atoms. The molecule has 0 saturated carbocycles. The molecule has 0 aliphatic rings. The molecule has 116 valence electrons. The van der Waals surface area contributed by atoms with Crippen LogP contribution in [0.3, 0.4) is 0 Å². The number of ether oxygens (including phenoxy) is 1. The summed E-state index contributed by atoms with van der Waals surface area (Å²) in [7, 11) is 1.61. The Kier molecular flexibility index (Phi) is 5.98. The monoisotopic (exact) mass is 299 g/mol. The lowest BCUT2D eigenvalue weighted by molar-refractivity contribution is -0.131. The van der Waals surface area contributed by atoms with E-state index in [1.54, 1.807) is 12.0 Å². The van der Waals surface area contributed by atoms with Crippen molar-refractivity contribution in [1.82, 2.24) is 4.90 Å². The maximum Gasteiger partial charge on any atom is 0.227 e. The summed E-state index contributed by atoms with van der Waals surface area (Å²) in [4.78, 5) is 14.2. The van der Waals surface area contributed by atoms with Crippen LogP contribution >= 0.6 is 0 Å².